The summed E-state index contributed by atoms with van der Waals surface area (Å²) in [5.41, 5.74) is 0. The van der Waals surface area contributed by atoms with E-state index in [0.29, 0.717) is 12.1 Å². The van der Waals surface area contributed by atoms with Crippen molar-refractivity contribution in [3.8, 4) is 0 Å². The SMILES string of the molecule is CCCCCCOC1CCCCCCC1NCCC. The second kappa shape index (κ2) is 11.7. The molecule has 2 nitrogen and oxygen atoms in total. The lowest BCUT2D eigenvalue weighted by molar-refractivity contribution is 0.0115. The van der Waals surface area contributed by atoms with E-state index in [0.717, 1.165) is 13.2 Å². The molecule has 1 aliphatic rings. The molecule has 2 atom stereocenters. The smallest absolute Gasteiger partial charge is 0.0728 e. The van der Waals surface area contributed by atoms with Crippen LogP contribution >= 0.6 is 0 Å². The molecule has 0 radical (unpaired) electrons. The van der Waals surface area contributed by atoms with Crippen molar-refractivity contribution in [1.82, 2.24) is 5.32 Å². The van der Waals surface area contributed by atoms with Gasteiger partial charge in [-0.1, -0.05) is 58.8 Å². The summed E-state index contributed by atoms with van der Waals surface area (Å²) in [5, 5.41) is 3.72. The van der Waals surface area contributed by atoms with Gasteiger partial charge in [-0.2, -0.15) is 0 Å². The van der Waals surface area contributed by atoms with Crippen LogP contribution in [0.4, 0.5) is 0 Å². The Labute approximate surface area is 120 Å². The maximum Gasteiger partial charge on any atom is 0.0728 e. The van der Waals surface area contributed by atoms with Crippen LogP contribution in [0.3, 0.4) is 0 Å². The summed E-state index contributed by atoms with van der Waals surface area (Å²) in [5.74, 6) is 0. The fourth-order valence-corrected chi connectivity index (χ4v) is 2.98. The quantitative estimate of drug-likeness (QED) is 0.614. The molecule has 0 aromatic carbocycles. The summed E-state index contributed by atoms with van der Waals surface area (Å²) in [6.07, 6.45) is 15.0. The first kappa shape index (κ1) is 17.0. The third-order valence-corrected chi connectivity index (χ3v) is 4.19. The van der Waals surface area contributed by atoms with E-state index in [4.69, 9.17) is 4.74 Å². The van der Waals surface area contributed by atoms with Crippen molar-refractivity contribution in [3.63, 3.8) is 0 Å². The highest BCUT2D eigenvalue weighted by Crippen LogP contribution is 2.20. The maximum absolute atomic E-state index is 6.21. The fraction of sp³-hybridized carbons (Fsp3) is 1.00. The first-order valence-electron chi connectivity index (χ1n) is 8.73. The standard InChI is InChI=1S/C17H35NO/c1-3-5-6-11-15-19-17-13-10-8-7-9-12-16(17)18-14-4-2/h16-18H,3-15H2,1-2H3. The molecule has 0 spiro atoms. The molecule has 0 bridgehead atoms. The van der Waals surface area contributed by atoms with E-state index in [2.05, 4.69) is 19.2 Å². The average molecular weight is 269 g/mol. The first-order chi connectivity index (χ1) is 9.38. The highest BCUT2D eigenvalue weighted by molar-refractivity contribution is 4.79. The van der Waals surface area contributed by atoms with E-state index >= 15 is 0 Å². The Morgan fingerprint density at radius 3 is 2.42 bits per heavy atom. The normalized spacial score (nSPS) is 24.9. The monoisotopic (exact) mass is 269 g/mol. The second-order valence-corrected chi connectivity index (χ2v) is 6.02. The molecule has 0 aromatic rings. The Bertz CT molecular complexity index is 194. The van der Waals surface area contributed by atoms with Crippen LogP contribution in [-0.2, 0) is 4.74 Å². The van der Waals surface area contributed by atoms with Gasteiger partial charge in [0.1, 0.15) is 0 Å². The predicted molar refractivity (Wildman–Crippen MR) is 83.7 cm³/mol. The van der Waals surface area contributed by atoms with Gasteiger partial charge in [0.25, 0.3) is 0 Å². The van der Waals surface area contributed by atoms with Crippen LogP contribution in [0.2, 0.25) is 0 Å². The van der Waals surface area contributed by atoms with Gasteiger partial charge in [0.2, 0.25) is 0 Å². The summed E-state index contributed by atoms with van der Waals surface area (Å²) < 4.78 is 6.21. The van der Waals surface area contributed by atoms with Crippen LogP contribution in [-0.4, -0.2) is 25.3 Å². The Morgan fingerprint density at radius 1 is 0.895 bits per heavy atom. The van der Waals surface area contributed by atoms with Crippen LogP contribution in [0.25, 0.3) is 0 Å². The number of nitrogens with one attached hydrogen (secondary N) is 1. The molecule has 1 aliphatic carbocycles. The minimum Gasteiger partial charge on any atom is -0.377 e. The number of ether oxygens (including phenoxy) is 1. The molecule has 0 heterocycles. The topological polar surface area (TPSA) is 21.3 Å². The lowest BCUT2D eigenvalue weighted by Crippen LogP contribution is -2.42. The first-order valence-corrected chi connectivity index (χ1v) is 8.73. The second-order valence-electron chi connectivity index (χ2n) is 6.02. The van der Waals surface area contributed by atoms with E-state index in [-0.39, 0.29) is 0 Å². The maximum atomic E-state index is 6.21. The van der Waals surface area contributed by atoms with Crippen molar-refractivity contribution in [2.24, 2.45) is 0 Å². The van der Waals surface area contributed by atoms with Gasteiger partial charge in [0.15, 0.2) is 0 Å². The molecule has 1 saturated carbocycles. The summed E-state index contributed by atoms with van der Waals surface area (Å²) in [7, 11) is 0. The molecule has 2 unspecified atom stereocenters. The van der Waals surface area contributed by atoms with Gasteiger partial charge in [-0.05, 0) is 32.2 Å². The van der Waals surface area contributed by atoms with E-state index in [1.165, 1.54) is 70.6 Å². The van der Waals surface area contributed by atoms with Gasteiger partial charge in [-0.25, -0.2) is 0 Å². The molecule has 0 aromatic heterocycles. The number of rotatable bonds is 9. The van der Waals surface area contributed by atoms with Gasteiger partial charge >= 0.3 is 0 Å². The van der Waals surface area contributed by atoms with Gasteiger partial charge < -0.3 is 10.1 Å². The molecule has 0 amide bonds. The van der Waals surface area contributed by atoms with E-state index < -0.39 is 0 Å². The zero-order valence-corrected chi connectivity index (χ0v) is 13.3. The van der Waals surface area contributed by atoms with Crippen molar-refractivity contribution < 1.29 is 4.74 Å². The number of unbranched alkanes of at least 4 members (excludes halogenated alkanes) is 3. The predicted octanol–water partition coefficient (Wildman–Crippen LogP) is 4.67. The highest BCUT2D eigenvalue weighted by atomic mass is 16.5. The largest absolute Gasteiger partial charge is 0.377 e. The molecule has 1 fully saturated rings. The summed E-state index contributed by atoms with van der Waals surface area (Å²) >= 11 is 0. The van der Waals surface area contributed by atoms with Gasteiger partial charge in [-0.3, -0.25) is 0 Å². The average Bonchev–Trinajstić information content (AvgIpc) is 2.40. The molecule has 0 saturated heterocycles. The Balaban J connectivity index is 2.28. The van der Waals surface area contributed by atoms with E-state index in [9.17, 15) is 0 Å². The summed E-state index contributed by atoms with van der Waals surface area (Å²) in [6.45, 7) is 6.62. The lowest BCUT2D eigenvalue weighted by Gasteiger charge is -2.30. The van der Waals surface area contributed by atoms with Gasteiger partial charge in [-0.15, -0.1) is 0 Å². The molecular formula is C17H35NO. The third kappa shape index (κ3) is 7.94. The summed E-state index contributed by atoms with van der Waals surface area (Å²) in [6, 6.07) is 0.603. The molecular weight excluding hydrogens is 234 g/mol. The highest BCUT2D eigenvalue weighted by Gasteiger charge is 2.22. The van der Waals surface area contributed by atoms with Crippen LogP contribution in [0, 0.1) is 0 Å². The lowest BCUT2D eigenvalue weighted by atomic mass is 9.94. The third-order valence-electron chi connectivity index (χ3n) is 4.19. The zero-order valence-electron chi connectivity index (χ0n) is 13.3. The minimum atomic E-state index is 0.466. The van der Waals surface area contributed by atoms with E-state index in [1.807, 2.05) is 0 Å². The van der Waals surface area contributed by atoms with Gasteiger partial charge in [0, 0.05) is 12.6 Å². The molecule has 114 valence electrons. The van der Waals surface area contributed by atoms with Crippen molar-refractivity contribution in [2.45, 2.75) is 96.6 Å². The number of hydrogen-bond acceptors (Lipinski definition) is 2. The molecule has 1 N–H and O–H groups in total. The zero-order chi connectivity index (χ0) is 13.8. The molecule has 1 rings (SSSR count). The van der Waals surface area contributed by atoms with E-state index in [1.54, 1.807) is 0 Å². The van der Waals surface area contributed by atoms with Crippen molar-refractivity contribution in [1.29, 1.82) is 0 Å². The van der Waals surface area contributed by atoms with Crippen LogP contribution < -0.4 is 5.32 Å². The van der Waals surface area contributed by atoms with Crippen LogP contribution in [0.1, 0.15) is 84.5 Å². The fourth-order valence-electron chi connectivity index (χ4n) is 2.98. The van der Waals surface area contributed by atoms with Crippen LogP contribution in [0.15, 0.2) is 0 Å². The summed E-state index contributed by atoms with van der Waals surface area (Å²) in [4.78, 5) is 0. The Kier molecular flexibility index (Phi) is 10.5. The Morgan fingerprint density at radius 2 is 1.68 bits per heavy atom. The van der Waals surface area contributed by atoms with Crippen LogP contribution in [0.5, 0.6) is 0 Å². The van der Waals surface area contributed by atoms with Crippen molar-refractivity contribution >= 4 is 0 Å². The number of hydrogen-bond donors (Lipinski definition) is 1. The molecule has 19 heavy (non-hydrogen) atoms. The van der Waals surface area contributed by atoms with Gasteiger partial charge in [0.05, 0.1) is 6.10 Å². The van der Waals surface area contributed by atoms with Crippen molar-refractivity contribution in [3.05, 3.63) is 0 Å². The Hall–Kier alpha value is -0.0800. The van der Waals surface area contributed by atoms with Crippen molar-refractivity contribution in [2.75, 3.05) is 13.2 Å². The molecule has 0 aliphatic heterocycles. The minimum absolute atomic E-state index is 0.466. The molecule has 2 heteroatoms.